The molecule has 120 valence electrons. The van der Waals surface area contributed by atoms with Gasteiger partial charge in [0.15, 0.2) is 0 Å². The van der Waals surface area contributed by atoms with Crippen LogP contribution in [0.2, 0.25) is 0 Å². The Hall–Kier alpha value is -0.610. The Morgan fingerprint density at radius 2 is 1.76 bits per heavy atom. The Bertz CT molecular complexity index is 353. The lowest BCUT2D eigenvalue weighted by molar-refractivity contribution is -0.137. The van der Waals surface area contributed by atoms with Crippen molar-refractivity contribution >= 4 is 5.91 Å². The number of fused-ring (bicyclic) bond motifs is 1. The topological polar surface area (TPSA) is 35.6 Å². The first-order chi connectivity index (χ1) is 10.1. The van der Waals surface area contributed by atoms with Gasteiger partial charge in [0.05, 0.1) is 6.54 Å². The molecule has 0 radical (unpaired) electrons. The number of hydrogen-bond donors (Lipinski definition) is 1. The van der Waals surface area contributed by atoms with Crippen molar-refractivity contribution in [2.45, 2.75) is 58.0 Å². The average molecular weight is 293 g/mol. The number of nitrogens with one attached hydrogen (secondary N) is 1. The third-order valence-corrected chi connectivity index (χ3v) is 5.64. The van der Waals surface area contributed by atoms with Crippen molar-refractivity contribution in [3.63, 3.8) is 0 Å². The quantitative estimate of drug-likeness (QED) is 0.857. The van der Waals surface area contributed by atoms with Crippen LogP contribution >= 0.6 is 0 Å². The number of carbonyl (C=O) groups excluding carboxylic acids is 1. The lowest BCUT2D eigenvalue weighted by Gasteiger charge is -2.38. The third kappa shape index (κ3) is 3.42. The van der Waals surface area contributed by atoms with Gasteiger partial charge in [0, 0.05) is 25.2 Å². The van der Waals surface area contributed by atoms with Gasteiger partial charge in [0.1, 0.15) is 0 Å². The Morgan fingerprint density at radius 3 is 2.33 bits per heavy atom. The van der Waals surface area contributed by atoms with Crippen LogP contribution in [0.4, 0.5) is 0 Å². The standard InChI is InChI=1S/C17H31N3O/c1-13(2)20(16-6-4-3-5-7-16)17(21)12-19-10-14-8-18-9-15(14)11-19/h13-16,18H,3-12H2,1-2H3/t14-,15+. The Labute approximate surface area is 129 Å². The van der Waals surface area contributed by atoms with Crippen LogP contribution < -0.4 is 5.32 Å². The van der Waals surface area contributed by atoms with Gasteiger partial charge in [-0.05, 0) is 51.6 Å². The second-order valence-corrected chi connectivity index (χ2v) is 7.56. The van der Waals surface area contributed by atoms with Gasteiger partial charge < -0.3 is 10.2 Å². The molecule has 4 nitrogen and oxygen atoms in total. The van der Waals surface area contributed by atoms with Crippen molar-refractivity contribution in [2.75, 3.05) is 32.7 Å². The summed E-state index contributed by atoms with van der Waals surface area (Å²) in [6.45, 7) is 9.50. The highest BCUT2D eigenvalue weighted by atomic mass is 16.2. The molecule has 0 unspecified atom stereocenters. The fourth-order valence-electron chi connectivity index (χ4n) is 4.63. The van der Waals surface area contributed by atoms with Crippen molar-refractivity contribution in [3.05, 3.63) is 0 Å². The fraction of sp³-hybridized carbons (Fsp3) is 0.941. The van der Waals surface area contributed by atoms with Crippen LogP contribution in [0.5, 0.6) is 0 Å². The molecule has 3 fully saturated rings. The second kappa shape index (κ2) is 6.66. The molecule has 2 heterocycles. The van der Waals surface area contributed by atoms with Crippen LogP contribution in [0.1, 0.15) is 46.0 Å². The van der Waals surface area contributed by atoms with Gasteiger partial charge in [-0.1, -0.05) is 19.3 Å². The van der Waals surface area contributed by atoms with E-state index in [1.54, 1.807) is 0 Å². The zero-order valence-electron chi connectivity index (χ0n) is 13.7. The van der Waals surface area contributed by atoms with E-state index in [-0.39, 0.29) is 0 Å². The van der Waals surface area contributed by atoms with E-state index < -0.39 is 0 Å². The molecule has 2 aliphatic heterocycles. The molecule has 2 saturated heterocycles. The first-order valence-electron chi connectivity index (χ1n) is 8.89. The summed E-state index contributed by atoms with van der Waals surface area (Å²) in [5, 5.41) is 3.47. The zero-order valence-corrected chi connectivity index (χ0v) is 13.7. The van der Waals surface area contributed by atoms with E-state index in [4.69, 9.17) is 0 Å². The van der Waals surface area contributed by atoms with E-state index in [9.17, 15) is 4.79 Å². The van der Waals surface area contributed by atoms with Gasteiger partial charge in [-0.25, -0.2) is 0 Å². The summed E-state index contributed by atoms with van der Waals surface area (Å²) in [6, 6.07) is 0.833. The SMILES string of the molecule is CC(C)N(C(=O)CN1C[C@H]2CNC[C@H]2C1)C1CCCCC1. The Kier molecular flexibility index (Phi) is 4.85. The zero-order chi connectivity index (χ0) is 14.8. The van der Waals surface area contributed by atoms with Crippen LogP contribution in [0.3, 0.4) is 0 Å². The van der Waals surface area contributed by atoms with E-state index in [0.717, 1.165) is 38.0 Å². The molecule has 0 bridgehead atoms. The number of nitrogens with zero attached hydrogens (tertiary/aromatic N) is 2. The highest BCUT2D eigenvalue weighted by Crippen LogP contribution is 2.28. The smallest absolute Gasteiger partial charge is 0.237 e. The van der Waals surface area contributed by atoms with Gasteiger partial charge in [0.25, 0.3) is 0 Å². The molecule has 3 rings (SSSR count). The molecular weight excluding hydrogens is 262 g/mol. The molecule has 1 N–H and O–H groups in total. The van der Waals surface area contributed by atoms with Crippen LogP contribution in [-0.2, 0) is 4.79 Å². The van der Waals surface area contributed by atoms with Gasteiger partial charge in [-0.2, -0.15) is 0 Å². The number of amides is 1. The molecule has 1 saturated carbocycles. The number of likely N-dealkylation sites (tertiary alicyclic amines) is 1. The van der Waals surface area contributed by atoms with Crippen molar-refractivity contribution in [1.82, 2.24) is 15.1 Å². The maximum absolute atomic E-state index is 12.8. The van der Waals surface area contributed by atoms with Gasteiger partial charge >= 0.3 is 0 Å². The first kappa shape index (κ1) is 15.3. The number of carbonyl (C=O) groups is 1. The van der Waals surface area contributed by atoms with Gasteiger partial charge in [0.2, 0.25) is 5.91 Å². The number of rotatable bonds is 4. The van der Waals surface area contributed by atoms with Crippen LogP contribution in [0.25, 0.3) is 0 Å². The lowest BCUT2D eigenvalue weighted by Crippen LogP contribution is -2.49. The minimum absolute atomic E-state index is 0.337. The minimum atomic E-state index is 0.337. The van der Waals surface area contributed by atoms with Gasteiger partial charge in [-0.15, -0.1) is 0 Å². The summed E-state index contributed by atoms with van der Waals surface area (Å²) < 4.78 is 0. The predicted octanol–water partition coefficient (Wildman–Crippen LogP) is 1.71. The van der Waals surface area contributed by atoms with Crippen molar-refractivity contribution in [2.24, 2.45) is 11.8 Å². The molecule has 3 aliphatic rings. The predicted molar refractivity (Wildman–Crippen MR) is 85.1 cm³/mol. The largest absolute Gasteiger partial charge is 0.336 e. The Balaban J connectivity index is 1.56. The monoisotopic (exact) mass is 293 g/mol. The van der Waals surface area contributed by atoms with Crippen LogP contribution in [0.15, 0.2) is 0 Å². The molecule has 1 aliphatic carbocycles. The van der Waals surface area contributed by atoms with E-state index >= 15 is 0 Å². The van der Waals surface area contributed by atoms with Crippen molar-refractivity contribution < 1.29 is 4.79 Å². The minimum Gasteiger partial charge on any atom is -0.336 e. The summed E-state index contributed by atoms with van der Waals surface area (Å²) in [5.74, 6) is 1.92. The molecule has 0 aromatic carbocycles. The maximum atomic E-state index is 12.8. The molecule has 0 spiro atoms. The highest BCUT2D eigenvalue weighted by molar-refractivity contribution is 5.79. The van der Waals surface area contributed by atoms with Crippen LogP contribution in [-0.4, -0.2) is 60.5 Å². The van der Waals surface area contributed by atoms with Crippen molar-refractivity contribution in [1.29, 1.82) is 0 Å². The first-order valence-corrected chi connectivity index (χ1v) is 8.89. The lowest BCUT2D eigenvalue weighted by atomic mass is 9.93. The number of hydrogen-bond acceptors (Lipinski definition) is 3. The van der Waals surface area contributed by atoms with Gasteiger partial charge in [-0.3, -0.25) is 9.69 Å². The summed E-state index contributed by atoms with van der Waals surface area (Å²) in [7, 11) is 0. The summed E-state index contributed by atoms with van der Waals surface area (Å²) in [4.78, 5) is 17.4. The summed E-state index contributed by atoms with van der Waals surface area (Å²) >= 11 is 0. The Morgan fingerprint density at radius 1 is 1.14 bits per heavy atom. The molecule has 4 heteroatoms. The molecule has 0 aromatic heterocycles. The third-order valence-electron chi connectivity index (χ3n) is 5.64. The average Bonchev–Trinajstić information content (AvgIpc) is 3.00. The highest BCUT2D eigenvalue weighted by Gasteiger charge is 2.37. The van der Waals surface area contributed by atoms with E-state index in [2.05, 4.69) is 29.0 Å². The molecular formula is C17H31N3O. The summed E-state index contributed by atoms with van der Waals surface area (Å²) in [5.41, 5.74) is 0. The van der Waals surface area contributed by atoms with E-state index in [0.29, 0.717) is 24.5 Å². The molecule has 21 heavy (non-hydrogen) atoms. The molecule has 1 amide bonds. The second-order valence-electron chi connectivity index (χ2n) is 7.56. The van der Waals surface area contributed by atoms with Crippen molar-refractivity contribution in [3.8, 4) is 0 Å². The fourth-order valence-corrected chi connectivity index (χ4v) is 4.63. The molecule has 2 atom stereocenters. The van der Waals surface area contributed by atoms with E-state index in [1.165, 1.54) is 32.1 Å². The van der Waals surface area contributed by atoms with Crippen LogP contribution in [0, 0.1) is 11.8 Å². The maximum Gasteiger partial charge on any atom is 0.237 e. The summed E-state index contributed by atoms with van der Waals surface area (Å²) in [6.07, 6.45) is 6.35. The van der Waals surface area contributed by atoms with E-state index in [1.807, 2.05) is 0 Å². The normalized spacial score (nSPS) is 30.8. The molecule has 0 aromatic rings.